The number of benzene rings is 4. The van der Waals surface area contributed by atoms with Crippen molar-refractivity contribution in [3.05, 3.63) is 138 Å². The van der Waals surface area contributed by atoms with Gasteiger partial charge in [0.2, 0.25) is 7.37 Å². The van der Waals surface area contributed by atoms with E-state index in [1.807, 2.05) is 109 Å². The average molecular weight is 631 g/mol. The second kappa shape index (κ2) is 15.5. The molecule has 6 nitrogen and oxygen atoms in total. The van der Waals surface area contributed by atoms with Crippen molar-refractivity contribution < 1.29 is 28.0 Å². The van der Waals surface area contributed by atoms with Crippen molar-refractivity contribution in [2.45, 2.75) is 61.0 Å². The highest BCUT2D eigenvalue weighted by Gasteiger charge is 2.51. The normalized spacial score (nSPS) is 24.4. The van der Waals surface area contributed by atoms with E-state index in [9.17, 15) is 4.57 Å². The lowest BCUT2D eigenvalue weighted by Gasteiger charge is -2.47. The zero-order valence-corrected chi connectivity index (χ0v) is 26.4. The molecule has 0 N–H and O–H groups in total. The highest BCUT2D eigenvalue weighted by atomic mass is 32.2. The molecule has 0 radical (unpaired) electrons. The van der Waals surface area contributed by atoms with Gasteiger partial charge in [0.1, 0.15) is 29.9 Å². The van der Waals surface area contributed by atoms with Gasteiger partial charge in [-0.05, 0) is 35.2 Å². The fourth-order valence-corrected chi connectivity index (χ4v) is 8.31. The van der Waals surface area contributed by atoms with Crippen LogP contribution in [0.3, 0.4) is 0 Å². The van der Waals surface area contributed by atoms with Crippen LogP contribution in [-0.4, -0.2) is 48.8 Å². The van der Waals surface area contributed by atoms with E-state index in [4.69, 9.17) is 23.5 Å². The molecule has 0 unspecified atom stereocenters. The minimum Gasteiger partial charge on any atom is -0.374 e. The van der Waals surface area contributed by atoms with Gasteiger partial charge in [0, 0.05) is 17.2 Å². The van der Waals surface area contributed by atoms with E-state index in [2.05, 4.69) is 12.1 Å². The topological polar surface area (TPSA) is 63.2 Å². The molecule has 8 heteroatoms. The Morgan fingerprint density at radius 3 is 1.66 bits per heavy atom. The molecule has 2 aliphatic rings. The van der Waals surface area contributed by atoms with Crippen LogP contribution in [0.15, 0.2) is 126 Å². The smallest absolute Gasteiger partial charge is 0.203 e. The maximum atomic E-state index is 13.6. The third-order valence-electron chi connectivity index (χ3n) is 7.86. The SMILES string of the molecule is O=P1(O[C@@H]2[C@@H](OCc3ccccc3)[C@H](OCc3ccccc3)[C@@H](COCc3ccccc3)O[C@H]2Sc2ccccc2)CCC1. The van der Waals surface area contributed by atoms with Crippen molar-refractivity contribution in [2.24, 2.45) is 0 Å². The summed E-state index contributed by atoms with van der Waals surface area (Å²) < 4.78 is 46.7. The highest BCUT2D eigenvalue weighted by molar-refractivity contribution is 7.99. The van der Waals surface area contributed by atoms with E-state index in [0.717, 1.165) is 28.0 Å². The van der Waals surface area contributed by atoms with Gasteiger partial charge in [-0.3, -0.25) is 4.57 Å². The monoisotopic (exact) mass is 630 g/mol. The van der Waals surface area contributed by atoms with E-state index < -0.39 is 37.2 Å². The Bertz CT molecular complexity index is 1450. The maximum absolute atomic E-state index is 13.6. The van der Waals surface area contributed by atoms with Crippen molar-refractivity contribution in [3.63, 3.8) is 0 Å². The van der Waals surface area contributed by atoms with Crippen molar-refractivity contribution in [3.8, 4) is 0 Å². The van der Waals surface area contributed by atoms with Gasteiger partial charge >= 0.3 is 0 Å². The van der Waals surface area contributed by atoms with Crippen LogP contribution in [0.1, 0.15) is 23.1 Å². The Kier molecular flexibility index (Phi) is 11.0. The Morgan fingerprint density at radius 1 is 0.636 bits per heavy atom. The Hall–Kier alpha value is -2.74. The summed E-state index contributed by atoms with van der Waals surface area (Å²) in [6, 6.07) is 40.4. The second-order valence-corrected chi connectivity index (χ2v) is 15.1. The molecule has 0 spiro atoms. The van der Waals surface area contributed by atoms with Crippen molar-refractivity contribution in [2.75, 3.05) is 18.9 Å². The van der Waals surface area contributed by atoms with E-state index in [-0.39, 0.29) is 0 Å². The van der Waals surface area contributed by atoms with Crippen LogP contribution in [-0.2, 0) is 47.9 Å². The molecule has 0 bridgehead atoms. The van der Waals surface area contributed by atoms with Crippen LogP contribution in [0.4, 0.5) is 0 Å². The minimum absolute atomic E-state index is 0.301. The van der Waals surface area contributed by atoms with Crippen molar-refractivity contribution in [1.82, 2.24) is 0 Å². The maximum Gasteiger partial charge on any atom is 0.203 e. The molecule has 5 atom stereocenters. The summed E-state index contributed by atoms with van der Waals surface area (Å²) in [5, 5.41) is 0. The number of rotatable bonds is 14. The van der Waals surface area contributed by atoms with Crippen LogP contribution < -0.4 is 0 Å². The molecule has 4 aromatic carbocycles. The summed E-state index contributed by atoms with van der Waals surface area (Å²) in [4.78, 5) is 1.03. The molecule has 2 aliphatic heterocycles. The molecule has 2 saturated heterocycles. The lowest BCUT2D eigenvalue weighted by atomic mass is 9.99. The summed E-state index contributed by atoms with van der Waals surface area (Å²) >= 11 is 1.56. The van der Waals surface area contributed by atoms with Gasteiger partial charge in [0.05, 0.1) is 26.4 Å². The molecule has 0 aromatic heterocycles. The first-order valence-corrected chi connectivity index (χ1v) is 18.1. The first kappa shape index (κ1) is 31.3. The predicted octanol–water partition coefficient (Wildman–Crippen LogP) is 7.96. The molecule has 230 valence electrons. The number of hydrogen-bond donors (Lipinski definition) is 0. The predicted molar refractivity (Wildman–Crippen MR) is 174 cm³/mol. The van der Waals surface area contributed by atoms with Gasteiger partial charge in [-0.25, -0.2) is 0 Å². The van der Waals surface area contributed by atoms with Crippen LogP contribution >= 0.6 is 19.1 Å². The molecule has 6 rings (SSSR count). The molecule has 2 heterocycles. The molecule has 0 amide bonds. The van der Waals surface area contributed by atoms with Crippen LogP contribution in [0.2, 0.25) is 0 Å². The molecule has 2 fully saturated rings. The average Bonchev–Trinajstić information content (AvgIpc) is 3.05. The van der Waals surface area contributed by atoms with E-state index in [0.29, 0.717) is 38.8 Å². The summed E-state index contributed by atoms with van der Waals surface area (Å²) in [6.07, 6.45) is -0.0763. The Balaban J connectivity index is 1.31. The van der Waals surface area contributed by atoms with E-state index >= 15 is 0 Å². The molecular formula is C36H39O6PS. The molecule has 4 aromatic rings. The number of ether oxygens (including phenoxy) is 4. The van der Waals surface area contributed by atoms with E-state index in [1.165, 1.54) is 0 Å². The standard InChI is InChI=1S/C36H39O6PS/c37-43(22-13-23-43)42-35-34(40-26-30-18-9-3-10-19-30)33(39-25-29-16-7-2-8-17-29)32(27-38-24-28-14-5-1-6-15-28)41-36(35)44-31-20-11-4-12-21-31/h1-12,14-21,32-36H,13,22-27H2/t32-,33-,34+,35-,36+/m1/s1. The van der Waals surface area contributed by atoms with Gasteiger partial charge in [0.15, 0.2) is 0 Å². The van der Waals surface area contributed by atoms with E-state index in [1.54, 1.807) is 11.8 Å². The number of hydrogen-bond acceptors (Lipinski definition) is 7. The molecular weight excluding hydrogens is 591 g/mol. The third kappa shape index (κ3) is 8.49. The zero-order valence-electron chi connectivity index (χ0n) is 24.7. The number of thioether (sulfide) groups is 1. The Labute approximate surface area is 264 Å². The lowest BCUT2D eigenvalue weighted by molar-refractivity contribution is -0.238. The summed E-state index contributed by atoms with van der Waals surface area (Å²) in [5.74, 6) is 0. The molecule has 0 aliphatic carbocycles. The van der Waals surface area contributed by atoms with Gasteiger partial charge in [0.25, 0.3) is 0 Å². The molecule has 44 heavy (non-hydrogen) atoms. The van der Waals surface area contributed by atoms with Crippen molar-refractivity contribution >= 4 is 19.1 Å². The summed E-state index contributed by atoms with van der Waals surface area (Å²) in [5.41, 5.74) is 2.69. The van der Waals surface area contributed by atoms with Gasteiger partial charge in [-0.15, -0.1) is 0 Å². The minimum atomic E-state index is -2.78. The van der Waals surface area contributed by atoms with Crippen LogP contribution in [0, 0.1) is 0 Å². The molecule has 0 saturated carbocycles. The van der Waals surface area contributed by atoms with Crippen LogP contribution in [0.5, 0.6) is 0 Å². The highest BCUT2D eigenvalue weighted by Crippen LogP contribution is 2.58. The van der Waals surface area contributed by atoms with Crippen LogP contribution in [0.25, 0.3) is 0 Å². The summed E-state index contributed by atoms with van der Waals surface area (Å²) in [7, 11) is -2.78. The quantitative estimate of drug-likeness (QED) is 0.131. The fraction of sp³-hybridized carbons (Fsp3) is 0.333. The second-order valence-electron chi connectivity index (χ2n) is 11.2. The first-order valence-electron chi connectivity index (χ1n) is 15.2. The first-order chi connectivity index (χ1) is 21.7. The van der Waals surface area contributed by atoms with Gasteiger partial charge in [-0.1, -0.05) is 121 Å². The Morgan fingerprint density at radius 2 is 1.14 bits per heavy atom. The summed E-state index contributed by atoms with van der Waals surface area (Å²) in [6.45, 7) is 1.49. The van der Waals surface area contributed by atoms with Gasteiger partial charge in [-0.2, -0.15) is 0 Å². The largest absolute Gasteiger partial charge is 0.374 e. The lowest BCUT2D eigenvalue weighted by Crippen LogP contribution is -2.60. The van der Waals surface area contributed by atoms with Crippen molar-refractivity contribution in [1.29, 1.82) is 0 Å². The van der Waals surface area contributed by atoms with Gasteiger partial charge < -0.3 is 23.5 Å². The fourth-order valence-electron chi connectivity index (χ4n) is 5.39. The third-order valence-corrected chi connectivity index (χ3v) is 11.6. The zero-order chi connectivity index (χ0) is 30.0.